The molecule has 1 unspecified atom stereocenters. The second-order valence-corrected chi connectivity index (χ2v) is 4.31. The molecular formula is C12H17NO2S. The summed E-state index contributed by atoms with van der Waals surface area (Å²) >= 11 is 1.67. The molecule has 0 fully saturated rings. The van der Waals surface area contributed by atoms with Crippen molar-refractivity contribution >= 4 is 17.7 Å². The first-order chi connectivity index (χ1) is 7.69. The summed E-state index contributed by atoms with van der Waals surface area (Å²) in [5.74, 6) is -0.211. The second-order valence-electron chi connectivity index (χ2n) is 3.46. The quantitative estimate of drug-likeness (QED) is 0.633. The number of carbonyl (C=O) groups excluding carboxylic acids is 1. The molecule has 0 radical (unpaired) electrons. The zero-order valence-electron chi connectivity index (χ0n) is 9.60. The van der Waals surface area contributed by atoms with Crippen molar-refractivity contribution in [2.24, 2.45) is 5.73 Å². The van der Waals surface area contributed by atoms with Gasteiger partial charge >= 0.3 is 5.97 Å². The number of esters is 1. The Hall–Kier alpha value is -1.00. The van der Waals surface area contributed by atoms with Crippen LogP contribution < -0.4 is 5.73 Å². The minimum Gasteiger partial charge on any atom is -0.469 e. The van der Waals surface area contributed by atoms with E-state index in [4.69, 9.17) is 5.73 Å². The van der Waals surface area contributed by atoms with Gasteiger partial charge in [0.05, 0.1) is 7.11 Å². The van der Waals surface area contributed by atoms with Gasteiger partial charge in [0, 0.05) is 17.4 Å². The summed E-state index contributed by atoms with van der Waals surface area (Å²) in [4.78, 5) is 12.2. The monoisotopic (exact) mass is 239 g/mol. The molecule has 0 amide bonds. The van der Waals surface area contributed by atoms with Crippen molar-refractivity contribution in [2.75, 3.05) is 13.4 Å². The molecule has 1 atom stereocenters. The molecule has 1 aromatic carbocycles. The summed E-state index contributed by atoms with van der Waals surface area (Å²) in [5, 5.41) is 0. The van der Waals surface area contributed by atoms with Gasteiger partial charge in [-0.1, -0.05) is 18.2 Å². The van der Waals surface area contributed by atoms with Crippen LogP contribution >= 0.6 is 11.8 Å². The number of methoxy groups -OCH3 is 1. The van der Waals surface area contributed by atoms with Crippen LogP contribution in [-0.2, 0) is 9.53 Å². The van der Waals surface area contributed by atoms with Crippen molar-refractivity contribution < 1.29 is 9.53 Å². The van der Waals surface area contributed by atoms with E-state index >= 15 is 0 Å². The smallest absolute Gasteiger partial charge is 0.305 e. The third-order valence-electron chi connectivity index (χ3n) is 2.43. The molecule has 1 rings (SSSR count). The highest BCUT2D eigenvalue weighted by Crippen LogP contribution is 2.26. The second kappa shape index (κ2) is 6.55. The van der Waals surface area contributed by atoms with Crippen LogP contribution in [0.15, 0.2) is 29.2 Å². The van der Waals surface area contributed by atoms with E-state index in [-0.39, 0.29) is 12.0 Å². The van der Waals surface area contributed by atoms with Crippen LogP contribution in [0.1, 0.15) is 24.4 Å². The molecule has 3 nitrogen and oxygen atoms in total. The van der Waals surface area contributed by atoms with Crippen LogP contribution in [0.5, 0.6) is 0 Å². The zero-order valence-corrected chi connectivity index (χ0v) is 10.4. The fraction of sp³-hybridized carbons (Fsp3) is 0.417. The molecule has 1 aromatic rings. The van der Waals surface area contributed by atoms with Crippen molar-refractivity contribution in [3.8, 4) is 0 Å². The van der Waals surface area contributed by atoms with Crippen molar-refractivity contribution in [2.45, 2.75) is 23.8 Å². The van der Waals surface area contributed by atoms with Crippen LogP contribution in [-0.4, -0.2) is 19.3 Å². The van der Waals surface area contributed by atoms with E-state index in [9.17, 15) is 4.79 Å². The summed E-state index contributed by atoms with van der Waals surface area (Å²) in [6, 6.07) is 7.89. The molecule has 0 saturated heterocycles. The van der Waals surface area contributed by atoms with Gasteiger partial charge in [0.25, 0.3) is 0 Å². The maximum Gasteiger partial charge on any atom is 0.305 e. The molecule has 16 heavy (non-hydrogen) atoms. The van der Waals surface area contributed by atoms with Crippen molar-refractivity contribution in [3.63, 3.8) is 0 Å². The standard InChI is InChI=1S/C12H17NO2S/c1-15-12(14)8-7-10(13)9-5-3-4-6-11(9)16-2/h3-6,10H,7-8,13H2,1-2H3. The van der Waals surface area contributed by atoms with Crippen LogP contribution in [0.2, 0.25) is 0 Å². The lowest BCUT2D eigenvalue weighted by Crippen LogP contribution is -2.13. The Morgan fingerprint density at radius 1 is 1.50 bits per heavy atom. The van der Waals surface area contributed by atoms with Crippen molar-refractivity contribution in [1.82, 2.24) is 0 Å². The number of thioether (sulfide) groups is 1. The average molecular weight is 239 g/mol. The minimum absolute atomic E-state index is 0.109. The number of nitrogens with two attached hydrogens (primary N) is 1. The minimum atomic E-state index is -0.211. The maximum atomic E-state index is 11.0. The number of ether oxygens (including phenoxy) is 1. The number of carbonyl (C=O) groups is 1. The number of hydrogen-bond donors (Lipinski definition) is 1. The lowest BCUT2D eigenvalue weighted by atomic mass is 10.0. The van der Waals surface area contributed by atoms with Crippen LogP contribution in [0, 0.1) is 0 Å². The summed E-state index contributed by atoms with van der Waals surface area (Å²) < 4.78 is 4.59. The van der Waals surface area contributed by atoms with E-state index in [1.165, 1.54) is 12.0 Å². The highest BCUT2D eigenvalue weighted by Gasteiger charge is 2.12. The molecule has 0 aromatic heterocycles. The third-order valence-corrected chi connectivity index (χ3v) is 3.24. The summed E-state index contributed by atoms with van der Waals surface area (Å²) in [6.45, 7) is 0. The Morgan fingerprint density at radius 2 is 2.19 bits per heavy atom. The van der Waals surface area contributed by atoms with Gasteiger partial charge in [-0.05, 0) is 24.3 Å². The van der Waals surface area contributed by atoms with Gasteiger partial charge in [-0.25, -0.2) is 0 Å². The number of rotatable bonds is 5. The Bertz CT molecular complexity index is 355. The van der Waals surface area contributed by atoms with Crippen molar-refractivity contribution in [3.05, 3.63) is 29.8 Å². The molecule has 0 saturated carbocycles. The molecule has 0 aliphatic carbocycles. The van der Waals surface area contributed by atoms with Gasteiger partial charge in [0.2, 0.25) is 0 Å². The highest BCUT2D eigenvalue weighted by atomic mass is 32.2. The fourth-order valence-corrected chi connectivity index (χ4v) is 2.17. The summed E-state index contributed by atoms with van der Waals surface area (Å²) in [7, 11) is 1.39. The van der Waals surface area contributed by atoms with Crippen LogP contribution in [0.4, 0.5) is 0 Å². The Kier molecular flexibility index (Phi) is 5.35. The Balaban J connectivity index is 2.65. The van der Waals surface area contributed by atoms with E-state index in [2.05, 4.69) is 4.74 Å². The largest absolute Gasteiger partial charge is 0.469 e. The number of benzene rings is 1. The molecule has 2 N–H and O–H groups in total. The Labute approximate surface area is 100 Å². The SMILES string of the molecule is COC(=O)CCC(N)c1ccccc1SC. The fourth-order valence-electron chi connectivity index (χ4n) is 1.50. The van der Waals surface area contributed by atoms with Gasteiger partial charge in [-0.3, -0.25) is 4.79 Å². The first-order valence-corrected chi connectivity index (χ1v) is 6.36. The normalized spacial score (nSPS) is 12.2. The predicted octanol–water partition coefficient (Wildman–Crippen LogP) is 2.36. The van der Waals surface area contributed by atoms with Crippen molar-refractivity contribution in [1.29, 1.82) is 0 Å². The Morgan fingerprint density at radius 3 is 2.81 bits per heavy atom. The topological polar surface area (TPSA) is 52.3 Å². The molecule has 88 valence electrons. The van der Waals surface area contributed by atoms with Gasteiger partial charge in [0.15, 0.2) is 0 Å². The predicted molar refractivity (Wildman–Crippen MR) is 66.4 cm³/mol. The molecular weight excluding hydrogens is 222 g/mol. The van der Waals surface area contributed by atoms with Gasteiger partial charge in [-0.15, -0.1) is 11.8 Å². The lowest BCUT2D eigenvalue weighted by molar-refractivity contribution is -0.140. The van der Waals surface area contributed by atoms with Gasteiger partial charge < -0.3 is 10.5 Å². The van der Waals surface area contributed by atoms with Crippen LogP contribution in [0.25, 0.3) is 0 Å². The molecule has 0 aliphatic rings. The van der Waals surface area contributed by atoms with E-state index in [1.54, 1.807) is 11.8 Å². The first kappa shape index (κ1) is 13.1. The summed E-state index contributed by atoms with van der Waals surface area (Å²) in [6.07, 6.45) is 3.00. The van der Waals surface area contributed by atoms with E-state index in [0.717, 1.165) is 5.56 Å². The van der Waals surface area contributed by atoms with Gasteiger partial charge in [-0.2, -0.15) is 0 Å². The molecule has 4 heteroatoms. The highest BCUT2D eigenvalue weighted by molar-refractivity contribution is 7.98. The van der Waals surface area contributed by atoms with E-state index in [0.29, 0.717) is 12.8 Å². The number of hydrogen-bond acceptors (Lipinski definition) is 4. The molecule has 0 spiro atoms. The maximum absolute atomic E-state index is 11.0. The average Bonchev–Trinajstić information content (AvgIpc) is 2.35. The van der Waals surface area contributed by atoms with Crippen LogP contribution in [0.3, 0.4) is 0 Å². The lowest BCUT2D eigenvalue weighted by Gasteiger charge is -2.14. The zero-order chi connectivity index (χ0) is 12.0. The molecule has 0 aliphatic heterocycles. The third kappa shape index (κ3) is 3.54. The molecule has 0 heterocycles. The molecule has 0 bridgehead atoms. The summed E-state index contributed by atoms with van der Waals surface area (Å²) in [5.41, 5.74) is 7.15. The van der Waals surface area contributed by atoms with E-state index < -0.39 is 0 Å². The van der Waals surface area contributed by atoms with Gasteiger partial charge in [0.1, 0.15) is 0 Å². The van der Waals surface area contributed by atoms with E-state index in [1.807, 2.05) is 30.5 Å². The first-order valence-electron chi connectivity index (χ1n) is 5.14.